The number of amides is 1. The smallest absolute Gasteiger partial charge is 0.398 e. The number of hydrogen-bond donors (Lipinski definition) is 3. The monoisotopic (exact) mass is 530 g/mol. The van der Waals surface area contributed by atoms with Crippen molar-refractivity contribution in [2.24, 2.45) is 0 Å². The van der Waals surface area contributed by atoms with Crippen LogP contribution in [0.25, 0.3) is 0 Å². The van der Waals surface area contributed by atoms with E-state index >= 15 is 0 Å². The van der Waals surface area contributed by atoms with E-state index in [1.807, 2.05) is 0 Å². The molecule has 1 aromatic carbocycles. The number of benzene rings is 1. The molecule has 0 unspecified atom stereocenters. The van der Waals surface area contributed by atoms with Crippen LogP contribution in [0.5, 0.6) is 0 Å². The highest BCUT2D eigenvalue weighted by molar-refractivity contribution is 7.99. The van der Waals surface area contributed by atoms with Crippen LogP contribution in [0.4, 0.5) is 37.7 Å². The summed E-state index contributed by atoms with van der Waals surface area (Å²) in [6.45, 7) is 1.34. The third-order valence-electron chi connectivity index (χ3n) is 5.56. The third-order valence-corrected chi connectivity index (χ3v) is 6.71. The Bertz CT molecular complexity index is 769. The maximum atomic E-state index is 13.0. The average Bonchev–Trinajstić information content (AvgIpc) is 2.73. The highest BCUT2D eigenvalue weighted by atomic mass is 32.2. The zero-order valence-electron chi connectivity index (χ0n) is 20.0. The van der Waals surface area contributed by atoms with E-state index in [0.717, 1.165) is 62.2 Å². The van der Waals surface area contributed by atoms with Crippen molar-refractivity contribution < 1.29 is 36.2 Å². The number of carbonyl (C=O) groups excluding carboxylic acids is 1. The minimum atomic E-state index is -4.65. The first kappa shape index (κ1) is 31.4. The van der Waals surface area contributed by atoms with Gasteiger partial charge in [0, 0.05) is 17.8 Å². The van der Waals surface area contributed by atoms with Crippen LogP contribution in [-0.4, -0.2) is 34.3 Å². The van der Waals surface area contributed by atoms with Gasteiger partial charge in [0.25, 0.3) is 5.91 Å². The fourth-order valence-electron chi connectivity index (χ4n) is 3.45. The summed E-state index contributed by atoms with van der Waals surface area (Å²) < 4.78 is 75.0. The molecule has 4 N–H and O–H groups in total. The Balaban J connectivity index is 2.14. The van der Waals surface area contributed by atoms with E-state index in [1.165, 1.54) is 13.0 Å². The second kappa shape index (κ2) is 14.8. The van der Waals surface area contributed by atoms with E-state index in [4.69, 9.17) is 5.73 Å². The molecule has 1 aromatic rings. The number of nitrogens with one attached hydrogen (secondary N) is 1. The topological polar surface area (TPSA) is 75.3 Å². The molecule has 0 aliphatic rings. The Kier molecular flexibility index (Phi) is 13.3. The van der Waals surface area contributed by atoms with Crippen LogP contribution in [0.1, 0.15) is 83.1 Å². The first-order valence-electron chi connectivity index (χ1n) is 11.9. The molecule has 35 heavy (non-hydrogen) atoms. The Morgan fingerprint density at radius 1 is 0.886 bits per heavy atom. The fraction of sp³-hybridized carbons (Fsp3) is 0.708. The third kappa shape index (κ3) is 13.9. The van der Waals surface area contributed by atoms with E-state index in [1.54, 1.807) is 11.8 Å². The molecule has 1 rings (SSSR count). The molecule has 202 valence electrons. The number of hydrogen-bond acceptors (Lipinski definition) is 4. The number of unbranched alkanes of at least 4 members (excludes halogenated alkanes) is 7. The van der Waals surface area contributed by atoms with Crippen LogP contribution in [0.15, 0.2) is 18.2 Å². The normalized spacial score (nSPS) is 14.1. The summed E-state index contributed by atoms with van der Waals surface area (Å²) in [6.07, 6.45) is -1.97. The van der Waals surface area contributed by atoms with Crippen molar-refractivity contribution in [2.75, 3.05) is 22.6 Å². The number of nitrogens with two attached hydrogens (primary N) is 1. The van der Waals surface area contributed by atoms with Crippen molar-refractivity contribution >= 4 is 29.0 Å². The van der Waals surface area contributed by atoms with Crippen LogP contribution in [0, 0.1) is 0 Å². The van der Waals surface area contributed by atoms with Gasteiger partial charge in [-0.2, -0.15) is 38.1 Å². The second-order valence-electron chi connectivity index (χ2n) is 8.94. The van der Waals surface area contributed by atoms with E-state index in [9.17, 15) is 36.2 Å². The molecule has 0 heterocycles. The van der Waals surface area contributed by atoms with E-state index in [-0.39, 0.29) is 18.5 Å². The molecule has 0 aliphatic carbocycles. The predicted molar refractivity (Wildman–Crippen MR) is 129 cm³/mol. The number of aliphatic hydroxyl groups is 1. The minimum absolute atomic E-state index is 0.0868. The van der Waals surface area contributed by atoms with Gasteiger partial charge in [0.05, 0.1) is 5.56 Å². The van der Waals surface area contributed by atoms with Crippen molar-refractivity contribution in [3.63, 3.8) is 0 Å². The number of anilines is 2. The number of rotatable bonds is 16. The first-order chi connectivity index (χ1) is 16.2. The van der Waals surface area contributed by atoms with E-state index < -0.39 is 41.5 Å². The number of halogens is 6. The molecule has 0 saturated heterocycles. The molecule has 0 saturated carbocycles. The number of nitrogen functional groups attached to an aromatic ring is 1. The summed E-state index contributed by atoms with van der Waals surface area (Å²) in [5.41, 5.74) is 2.06. The van der Waals surface area contributed by atoms with Gasteiger partial charge in [-0.1, -0.05) is 38.5 Å². The lowest BCUT2D eigenvalue weighted by molar-refractivity contribution is -0.137. The summed E-state index contributed by atoms with van der Waals surface area (Å²) >= 11 is 1.69. The molecule has 0 radical (unpaired) electrons. The fourth-order valence-corrected chi connectivity index (χ4v) is 4.47. The van der Waals surface area contributed by atoms with Crippen molar-refractivity contribution in [1.29, 1.82) is 0 Å². The number of thioether (sulfide) groups is 1. The maximum absolute atomic E-state index is 13.0. The van der Waals surface area contributed by atoms with E-state index in [0.29, 0.717) is 12.8 Å². The molecular weight excluding hydrogens is 494 g/mol. The SMILES string of the molecule is C[C@](O)(CCCCCCCCCSCCCCC(F)(F)F)C(=O)Nc1ccc(N)c(C(F)(F)F)c1. The van der Waals surface area contributed by atoms with Gasteiger partial charge in [0.15, 0.2) is 0 Å². The molecule has 0 aliphatic heterocycles. The lowest BCUT2D eigenvalue weighted by Gasteiger charge is -2.22. The van der Waals surface area contributed by atoms with Crippen molar-refractivity contribution in [3.05, 3.63) is 23.8 Å². The van der Waals surface area contributed by atoms with Gasteiger partial charge in [0.2, 0.25) is 0 Å². The summed E-state index contributed by atoms with van der Waals surface area (Å²) in [4.78, 5) is 12.3. The van der Waals surface area contributed by atoms with Crippen molar-refractivity contribution in [3.8, 4) is 0 Å². The standard InChI is InChI=1S/C24H36F6N2O2S/c1-22(34,21(33)32-18-11-12-20(31)19(17-18)24(28,29)30)13-7-5-3-2-4-6-9-15-35-16-10-8-14-23(25,26)27/h11-12,17,34H,2-10,13-16,31H2,1H3,(H,32,33)/t22-/m0/s1. The first-order valence-corrected chi connectivity index (χ1v) is 13.0. The molecule has 1 atom stereocenters. The summed E-state index contributed by atoms with van der Waals surface area (Å²) in [6, 6.07) is 3.06. The number of alkyl halides is 6. The van der Waals surface area contributed by atoms with Crippen molar-refractivity contribution in [1.82, 2.24) is 0 Å². The lowest BCUT2D eigenvalue weighted by atomic mass is 9.96. The highest BCUT2D eigenvalue weighted by Crippen LogP contribution is 2.35. The lowest BCUT2D eigenvalue weighted by Crippen LogP contribution is -2.40. The number of carbonyl (C=O) groups is 1. The summed E-state index contributed by atoms with van der Waals surface area (Å²) in [5, 5.41) is 12.8. The summed E-state index contributed by atoms with van der Waals surface area (Å²) in [5.74, 6) is 0.930. The van der Waals surface area contributed by atoms with Gasteiger partial charge >= 0.3 is 12.4 Å². The molecule has 4 nitrogen and oxygen atoms in total. The highest BCUT2D eigenvalue weighted by Gasteiger charge is 2.34. The van der Waals surface area contributed by atoms with Gasteiger partial charge in [-0.3, -0.25) is 4.79 Å². The van der Waals surface area contributed by atoms with Crippen LogP contribution in [0.3, 0.4) is 0 Å². The van der Waals surface area contributed by atoms with Gasteiger partial charge in [-0.25, -0.2) is 0 Å². The molecule has 11 heteroatoms. The summed E-state index contributed by atoms with van der Waals surface area (Å²) in [7, 11) is 0. The zero-order chi connectivity index (χ0) is 26.5. The van der Waals surface area contributed by atoms with Crippen LogP contribution < -0.4 is 11.1 Å². The molecule has 1 amide bonds. The Morgan fingerprint density at radius 3 is 1.97 bits per heavy atom. The zero-order valence-corrected chi connectivity index (χ0v) is 20.8. The van der Waals surface area contributed by atoms with Crippen molar-refractivity contribution in [2.45, 2.75) is 95.5 Å². The van der Waals surface area contributed by atoms with Crippen LogP contribution in [-0.2, 0) is 11.0 Å². The molecule has 0 spiro atoms. The molecular formula is C24H36F6N2O2S. The van der Waals surface area contributed by atoms with Crippen LogP contribution in [0.2, 0.25) is 0 Å². The van der Waals surface area contributed by atoms with Gasteiger partial charge < -0.3 is 16.2 Å². The molecule has 0 fully saturated rings. The van der Waals surface area contributed by atoms with Crippen LogP contribution >= 0.6 is 11.8 Å². The Hall–Kier alpha value is -1.62. The van der Waals surface area contributed by atoms with Gasteiger partial charge in [0.1, 0.15) is 5.60 Å². The molecule has 0 aromatic heterocycles. The van der Waals surface area contributed by atoms with Gasteiger partial charge in [-0.15, -0.1) is 0 Å². The average molecular weight is 531 g/mol. The minimum Gasteiger partial charge on any atom is -0.398 e. The molecule has 0 bridgehead atoms. The Morgan fingerprint density at radius 2 is 1.40 bits per heavy atom. The largest absolute Gasteiger partial charge is 0.418 e. The predicted octanol–water partition coefficient (Wildman–Crippen LogP) is 7.56. The van der Waals surface area contributed by atoms with E-state index in [2.05, 4.69) is 5.32 Å². The quantitative estimate of drug-likeness (QED) is 0.117. The maximum Gasteiger partial charge on any atom is 0.418 e. The Labute approximate surface area is 207 Å². The van der Waals surface area contributed by atoms with Gasteiger partial charge in [-0.05, 0) is 62.3 Å². The second-order valence-corrected chi connectivity index (χ2v) is 10.2.